The van der Waals surface area contributed by atoms with Crippen molar-refractivity contribution in [2.24, 2.45) is 0 Å². The monoisotopic (exact) mass is 767 g/mol. The zero-order valence-electron chi connectivity index (χ0n) is 36.8. The van der Waals surface area contributed by atoms with Gasteiger partial charge in [-0.1, -0.05) is 212 Å². The van der Waals surface area contributed by atoms with Crippen molar-refractivity contribution in [2.45, 2.75) is 5.41 Å². The first kappa shape index (κ1) is 31.3. The fourth-order valence-corrected chi connectivity index (χ4v) is 9.29. The molecule has 60 heavy (non-hydrogen) atoms. The Morgan fingerprint density at radius 2 is 0.867 bits per heavy atom. The predicted octanol–water partition coefficient (Wildman–Crippen LogP) is 15.7. The lowest BCUT2D eigenvalue weighted by molar-refractivity contribution is 0.768. The summed E-state index contributed by atoms with van der Waals surface area (Å²) in [5.41, 5.74) is 13.2. The van der Waals surface area contributed by atoms with Crippen molar-refractivity contribution in [3.8, 4) is 44.5 Å². The van der Waals surface area contributed by atoms with Gasteiger partial charge in [0.2, 0.25) is 0 Å². The fraction of sp³-hybridized carbons (Fsp3) is 0.0169. The lowest BCUT2D eigenvalue weighted by atomic mass is 9.67. The normalized spacial score (nSPS) is 13.4. The van der Waals surface area contributed by atoms with E-state index in [0.29, 0.717) is 11.1 Å². The molecule has 0 bridgehead atoms. The lowest BCUT2D eigenvalue weighted by Crippen LogP contribution is -2.28. The summed E-state index contributed by atoms with van der Waals surface area (Å²) >= 11 is 0. The van der Waals surface area contributed by atoms with Crippen molar-refractivity contribution in [2.75, 3.05) is 4.90 Å². The number of nitrogens with zero attached hydrogens (tertiary/aromatic N) is 1. The van der Waals surface area contributed by atoms with E-state index in [9.17, 15) is 5.48 Å². The molecule has 282 valence electrons. The van der Waals surface area contributed by atoms with Crippen LogP contribution in [0.15, 0.2) is 249 Å². The fourth-order valence-electron chi connectivity index (χ4n) is 9.29. The first-order valence-corrected chi connectivity index (χ1v) is 20.4. The summed E-state index contributed by atoms with van der Waals surface area (Å²) in [4.78, 5) is 1.96. The van der Waals surface area contributed by atoms with Crippen molar-refractivity contribution in [1.82, 2.24) is 0 Å². The summed E-state index contributed by atoms with van der Waals surface area (Å²) in [6.07, 6.45) is 0. The Labute approximate surface area is 357 Å². The Morgan fingerprint density at radius 3 is 1.57 bits per heavy atom. The molecule has 1 nitrogen and oxygen atoms in total. The molecule has 0 fully saturated rings. The number of hydrogen-bond donors (Lipinski definition) is 0. The molecule has 0 heterocycles. The van der Waals surface area contributed by atoms with E-state index in [0.717, 1.165) is 72.2 Å². The van der Waals surface area contributed by atoms with Crippen LogP contribution in [0.1, 0.15) is 27.7 Å². The zero-order valence-corrected chi connectivity index (χ0v) is 32.8. The first-order chi connectivity index (χ1) is 31.4. The molecule has 10 aromatic rings. The van der Waals surface area contributed by atoms with E-state index in [1.807, 2.05) is 77.7 Å². The Kier molecular flexibility index (Phi) is 7.76. The molecule has 0 saturated carbocycles. The number of fused-ring (bicyclic) bond motifs is 4. The van der Waals surface area contributed by atoms with Gasteiger partial charge in [0.1, 0.15) is 0 Å². The lowest BCUT2D eigenvalue weighted by Gasteiger charge is -2.35. The maximum absolute atomic E-state index is 10.1. The molecule has 0 atom stereocenters. The highest BCUT2D eigenvalue weighted by Gasteiger charge is 2.46. The van der Waals surface area contributed by atoms with E-state index in [1.165, 1.54) is 5.56 Å². The molecule has 10 aromatic carbocycles. The molecule has 0 radical (unpaired) electrons. The average molecular weight is 768 g/mol. The van der Waals surface area contributed by atoms with Crippen molar-refractivity contribution in [3.63, 3.8) is 0 Å². The van der Waals surface area contributed by atoms with Gasteiger partial charge >= 0.3 is 0 Å². The zero-order chi connectivity index (χ0) is 43.4. The van der Waals surface area contributed by atoms with Gasteiger partial charge in [0, 0.05) is 17.1 Å². The third-order valence-electron chi connectivity index (χ3n) is 12.0. The Hall–Kier alpha value is -7.74. The quantitative estimate of drug-likeness (QED) is 0.149. The van der Waals surface area contributed by atoms with Crippen LogP contribution in [-0.2, 0) is 5.41 Å². The van der Waals surface area contributed by atoms with Crippen molar-refractivity contribution in [3.05, 3.63) is 271 Å². The van der Waals surface area contributed by atoms with Crippen LogP contribution >= 0.6 is 0 Å². The van der Waals surface area contributed by atoms with Crippen LogP contribution in [0.2, 0.25) is 0 Å². The summed E-state index contributed by atoms with van der Waals surface area (Å²) in [5, 5.41) is 1.86. The minimum absolute atomic E-state index is 0.0177. The summed E-state index contributed by atoms with van der Waals surface area (Å²) < 4.78 is 38.3. The highest BCUT2D eigenvalue weighted by Crippen LogP contribution is 2.57. The second kappa shape index (κ2) is 14.9. The van der Waals surface area contributed by atoms with Crippen molar-refractivity contribution >= 4 is 27.8 Å². The van der Waals surface area contributed by atoms with Crippen LogP contribution in [-0.4, -0.2) is 0 Å². The Bertz CT molecular complexity index is 3300. The Morgan fingerprint density at radius 1 is 0.350 bits per heavy atom. The second-order valence-corrected chi connectivity index (χ2v) is 15.3. The van der Waals surface area contributed by atoms with Crippen LogP contribution in [0.5, 0.6) is 0 Å². The molecular weight excluding hydrogens is 723 g/mol. The van der Waals surface area contributed by atoms with E-state index < -0.39 is 5.41 Å². The van der Waals surface area contributed by atoms with Crippen LogP contribution < -0.4 is 4.90 Å². The van der Waals surface area contributed by atoms with Crippen LogP contribution in [0, 0.1) is 0 Å². The third-order valence-corrected chi connectivity index (χ3v) is 12.0. The highest BCUT2D eigenvalue weighted by molar-refractivity contribution is 5.98. The van der Waals surface area contributed by atoms with Gasteiger partial charge in [-0.3, -0.25) is 0 Å². The van der Waals surface area contributed by atoms with Gasteiger partial charge in [0.15, 0.2) is 0 Å². The van der Waals surface area contributed by atoms with E-state index in [1.54, 1.807) is 0 Å². The van der Waals surface area contributed by atoms with Gasteiger partial charge in [0.25, 0.3) is 0 Å². The van der Waals surface area contributed by atoms with Crippen LogP contribution in [0.25, 0.3) is 55.3 Å². The first-order valence-electron chi connectivity index (χ1n) is 22.4. The molecule has 1 aliphatic carbocycles. The maximum Gasteiger partial charge on any atom is 0.0714 e. The standard InChI is InChI=1S/C59H41N/c1-4-16-42(17-5-1)43-30-32-44(33-31-43)45-34-36-50(37-35-45)60(51-25-14-20-47(40-51)54-28-15-19-46-18-10-11-26-53(46)54)52-38-39-56-55-27-12-13-29-57(55)59(58(56)41-52,48-21-6-2-7-22-48)49-23-8-3-9-24-49/h1-41H/i14D,20D,25D,40D. The molecule has 0 aromatic heterocycles. The Balaban J connectivity index is 1.15. The summed E-state index contributed by atoms with van der Waals surface area (Å²) in [5.74, 6) is 0. The minimum Gasteiger partial charge on any atom is -0.310 e. The van der Waals surface area contributed by atoms with Crippen molar-refractivity contribution < 1.29 is 5.48 Å². The van der Waals surface area contributed by atoms with Gasteiger partial charge in [-0.15, -0.1) is 0 Å². The molecule has 1 aliphatic rings. The number of hydrogen-bond acceptors (Lipinski definition) is 1. The average Bonchev–Trinajstić information content (AvgIpc) is 3.66. The molecule has 0 aliphatic heterocycles. The topological polar surface area (TPSA) is 3.24 Å². The van der Waals surface area contributed by atoms with Gasteiger partial charge in [-0.05, 0) is 114 Å². The molecule has 11 rings (SSSR count). The molecule has 1 heteroatoms. The molecule has 0 N–H and O–H groups in total. The van der Waals surface area contributed by atoms with Crippen molar-refractivity contribution in [1.29, 1.82) is 0 Å². The SMILES string of the molecule is [2H]c1c([2H])c(-c2cccc3ccccc23)c([2H])c(N(c2ccc(-c3ccc(-c4ccccc4)cc3)cc2)c2ccc3c(c2)C(c2ccccc2)(c2ccccc2)c2ccccc2-3)c1[2H]. The maximum atomic E-state index is 10.1. The number of benzene rings is 10. The van der Waals surface area contributed by atoms with Crippen LogP contribution in [0.4, 0.5) is 17.1 Å². The van der Waals surface area contributed by atoms with Gasteiger partial charge in [0.05, 0.1) is 10.9 Å². The predicted molar refractivity (Wildman–Crippen MR) is 252 cm³/mol. The number of rotatable bonds is 8. The molecular formula is C59H41N. The molecule has 0 spiro atoms. The van der Waals surface area contributed by atoms with Gasteiger partial charge in [-0.2, -0.15) is 0 Å². The van der Waals surface area contributed by atoms with E-state index in [-0.39, 0.29) is 29.9 Å². The third kappa shape index (κ3) is 5.94. The smallest absolute Gasteiger partial charge is 0.0714 e. The van der Waals surface area contributed by atoms with Crippen LogP contribution in [0.3, 0.4) is 0 Å². The largest absolute Gasteiger partial charge is 0.310 e. The summed E-state index contributed by atoms with van der Waals surface area (Å²) in [7, 11) is 0. The molecule has 0 unspecified atom stereocenters. The second-order valence-electron chi connectivity index (χ2n) is 15.3. The number of anilines is 3. The van der Waals surface area contributed by atoms with E-state index >= 15 is 0 Å². The van der Waals surface area contributed by atoms with Gasteiger partial charge in [-0.25, -0.2) is 0 Å². The van der Waals surface area contributed by atoms with E-state index in [2.05, 4.69) is 152 Å². The summed E-state index contributed by atoms with van der Waals surface area (Å²) in [6.45, 7) is 0. The van der Waals surface area contributed by atoms with Gasteiger partial charge < -0.3 is 4.90 Å². The highest BCUT2D eigenvalue weighted by atomic mass is 15.1. The minimum atomic E-state index is -0.681. The molecule has 0 amide bonds. The molecule has 0 saturated heterocycles. The summed E-state index contributed by atoms with van der Waals surface area (Å²) in [6, 6.07) is 76.9. The van der Waals surface area contributed by atoms with E-state index in [4.69, 9.17) is 0 Å².